The van der Waals surface area contributed by atoms with Gasteiger partial charge in [0, 0.05) is 13.5 Å². The van der Waals surface area contributed by atoms with E-state index in [4.69, 9.17) is 13.9 Å². The minimum atomic E-state index is -1.12. The second-order valence-corrected chi connectivity index (χ2v) is 10.4. The average Bonchev–Trinajstić information content (AvgIpc) is 3.36. The first-order chi connectivity index (χ1) is 17.9. The highest BCUT2D eigenvalue weighted by molar-refractivity contribution is 6.01. The number of methoxy groups -OCH3 is 1. The highest BCUT2D eigenvalue weighted by Crippen LogP contribution is 2.13. The van der Waals surface area contributed by atoms with Crippen LogP contribution in [0.3, 0.4) is 0 Å². The van der Waals surface area contributed by atoms with Crippen molar-refractivity contribution < 1.29 is 33.1 Å². The summed E-state index contributed by atoms with van der Waals surface area (Å²) in [6, 6.07) is 9.27. The second kappa shape index (κ2) is 14.3. The molecule has 0 aliphatic carbocycles. The van der Waals surface area contributed by atoms with Crippen LogP contribution in [0.4, 0.5) is 4.79 Å². The van der Waals surface area contributed by atoms with Crippen LogP contribution < -0.4 is 16.0 Å². The number of furan rings is 1. The number of carbonyl (C=O) groups excluding carboxylic acids is 4. The van der Waals surface area contributed by atoms with Crippen LogP contribution in [0.15, 0.2) is 53.1 Å². The first-order valence-corrected chi connectivity index (χ1v) is 12.6. The molecule has 3 N–H and O–H groups in total. The van der Waals surface area contributed by atoms with Crippen molar-refractivity contribution in [3.63, 3.8) is 0 Å². The summed E-state index contributed by atoms with van der Waals surface area (Å²) in [5.74, 6) is -1.33. The zero-order valence-corrected chi connectivity index (χ0v) is 22.9. The van der Waals surface area contributed by atoms with Crippen LogP contribution in [0.5, 0.6) is 0 Å². The van der Waals surface area contributed by atoms with Gasteiger partial charge >= 0.3 is 6.09 Å². The van der Waals surface area contributed by atoms with Crippen LogP contribution in [-0.2, 0) is 25.5 Å². The third-order valence-electron chi connectivity index (χ3n) is 5.36. The molecule has 0 unspecified atom stereocenters. The summed E-state index contributed by atoms with van der Waals surface area (Å²) in [5.41, 5.74) is 0.0416. The molecule has 10 heteroatoms. The number of ketones is 1. The predicted octanol–water partition coefficient (Wildman–Crippen LogP) is 3.26. The maximum atomic E-state index is 13.3. The van der Waals surface area contributed by atoms with E-state index in [9.17, 15) is 19.2 Å². The molecule has 0 spiro atoms. The maximum absolute atomic E-state index is 13.3. The predicted molar refractivity (Wildman–Crippen MR) is 142 cm³/mol. The van der Waals surface area contributed by atoms with Crippen molar-refractivity contribution in [2.24, 2.45) is 5.92 Å². The monoisotopic (exact) mass is 529 g/mol. The fraction of sp³-hybridized carbons (Fsp3) is 0.500. The first-order valence-electron chi connectivity index (χ1n) is 12.6. The second-order valence-electron chi connectivity index (χ2n) is 10.4. The summed E-state index contributed by atoms with van der Waals surface area (Å²) in [6.45, 7) is 8.87. The maximum Gasteiger partial charge on any atom is 0.408 e. The van der Waals surface area contributed by atoms with E-state index in [1.807, 2.05) is 44.2 Å². The molecule has 0 fully saturated rings. The van der Waals surface area contributed by atoms with Gasteiger partial charge in [-0.15, -0.1) is 0 Å². The molecule has 1 aromatic heterocycles. The van der Waals surface area contributed by atoms with Gasteiger partial charge in [-0.05, 0) is 50.8 Å². The first kappa shape index (κ1) is 30.6. The molecular weight excluding hydrogens is 490 g/mol. The van der Waals surface area contributed by atoms with E-state index in [2.05, 4.69) is 16.0 Å². The number of hydrogen-bond donors (Lipinski definition) is 3. The number of ether oxygens (including phenoxy) is 2. The third-order valence-corrected chi connectivity index (χ3v) is 5.36. The molecule has 208 valence electrons. The molecule has 1 heterocycles. The Morgan fingerprint density at radius 3 is 2.05 bits per heavy atom. The van der Waals surface area contributed by atoms with E-state index in [1.165, 1.54) is 19.4 Å². The lowest BCUT2D eigenvalue weighted by molar-refractivity contribution is -0.131. The largest absolute Gasteiger partial charge is 0.461 e. The zero-order chi connectivity index (χ0) is 28.3. The molecule has 10 nitrogen and oxygen atoms in total. The van der Waals surface area contributed by atoms with Crippen molar-refractivity contribution in [3.8, 4) is 0 Å². The number of alkyl carbamates (subject to hydrolysis) is 1. The van der Waals surface area contributed by atoms with E-state index in [0.717, 1.165) is 5.56 Å². The molecule has 0 saturated carbocycles. The normalized spacial score (nSPS) is 13.8. The van der Waals surface area contributed by atoms with Gasteiger partial charge in [0.15, 0.2) is 5.76 Å². The number of benzene rings is 1. The summed E-state index contributed by atoms with van der Waals surface area (Å²) in [4.78, 5) is 52.0. The Morgan fingerprint density at radius 2 is 1.50 bits per heavy atom. The Hall–Kier alpha value is -3.66. The smallest absolute Gasteiger partial charge is 0.408 e. The molecule has 3 amide bonds. The highest BCUT2D eigenvalue weighted by atomic mass is 16.6. The Morgan fingerprint density at radius 1 is 0.868 bits per heavy atom. The number of rotatable bonds is 13. The van der Waals surface area contributed by atoms with Crippen LogP contribution >= 0.6 is 0 Å². The van der Waals surface area contributed by atoms with E-state index in [-0.39, 0.29) is 30.5 Å². The molecule has 38 heavy (non-hydrogen) atoms. The summed E-state index contributed by atoms with van der Waals surface area (Å²) >= 11 is 0. The van der Waals surface area contributed by atoms with Gasteiger partial charge in [0.1, 0.15) is 17.7 Å². The summed E-state index contributed by atoms with van der Waals surface area (Å²) in [7, 11) is 1.40. The SMILES string of the molecule is COC[C@H](NC(=O)[C@H](Cc1ccccc1)NC(=O)OC(C)(C)C)C(=O)N[C@@H](CC(C)C)C(=O)c1ccco1. The molecule has 0 saturated heterocycles. The standard InChI is InChI=1S/C28H39N3O7/c1-18(2)15-20(24(32)23-13-10-14-37-23)29-26(34)22(17-36-6)30-25(33)21(16-19-11-8-7-9-12-19)31-27(35)38-28(3,4)5/h7-14,18,20-22H,15-17H2,1-6H3,(H,29,34)(H,30,33)(H,31,35)/t20-,21-,22-/m0/s1. The molecular formula is C28H39N3O7. The van der Waals surface area contributed by atoms with Crippen LogP contribution in [0.25, 0.3) is 0 Å². The molecule has 0 bridgehead atoms. The fourth-order valence-corrected chi connectivity index (χ4v) is 3.70. The molecule has 0 aliphatic rings. The van der Waals surface area contributed by atoms with Gasteiger partial charge in [-0.1, -0.05) is 44.2 Å². The van der Waals surface area contributed by atoms with E-state index >= 15 is 0 Å². The summed E-state index contributed by atoms with van der Waals surface area (Å²) in [6.07, 6.45) is 1.16. The van der Waals surface area contributed by atoms with E-state index < -0.39 is 41.6 Å². The van der Waals surface area contributed by atoms with E-state index in [1.54, 1.807) is 26.8 Å². The lowest BCUT2D eigenvalue weighted by Gasteiger charge is -2.26. The van der Waals surface area contributed by atoms with Crippen molar-refractivity contribution in [1.82, 2.24) is 16.0 Å². The number of amides is 3. The van der Waals surface area contributed by atoms with Gasteiger partial charge in [-0.25, -0.2) is 4.79 Å². The van der Waals surface area contributed by atoms with Gasteiger partial charge in [0.05, 0.1) is 18.9 Å². The zero-order valence-electron chi connectivity index (χ0n) is 22.9. The van der Waals surface area contributed by atoms with Gasteiger partial charge in [-0.2, -0.15) is 0 Å². The Kier molecular flexibility index (Phi) is 11.5. The van der Waals surface area contributed by atoms with Gasteiger partial charge in [0.2, 0.25) is 17.6 Å². The lowest BCUT2D eigenvalue weighted by Crippen LogP contribution is -2.57. The number of nitrogens with one attached hydrogen (secondary N) is 3. The number of Topliss-reactive ketones (excluding diaryl/α,β-unsaturated/α-hetero) is 1. The number of hydrogen-bond acceptors (Lipinski definition) is 7. The molecule has 2 aromatic rings. The fourth-order valence-electron chi connectivity index (χ4n) is 3.70. The van der Waals surface area contributed by atoms with Crippen molar-refractivity contribution in [1.29, 1.82) is 0 Å². The van der Waals surface area contributed by atoms with E-state index in [0.29, 0.717) is 6.42 Å². The molecule has 0 aliphatic heterocycles. The molecule has 2 rings (SSSR count). The van der Waals surface area contributed by atoms with Crippen molar-refractivity contribution in [2.45, 2.75) is 71.2 Å². The van der Waals surface area contributed by atoms with Crippen molar-refractivity contribution in [2.75, 3.05) is 13.7 Å². The van der Waals surface area contributed by atoms with Crippen molar-refractivity contribution >= 4 is 23.7 Å². The van der Waals surface area contributed by atoms with Crippen LogP contribution in [-0.4, -0.2) is 61.1 Å². The summed E-state index contributed by atoms with van der Waals surface area (Å²) < 4.78 is 15.7. The van der Waals surface area contributed by atoms with Gasteiger partial charge < -0.3 is 29.8 Å². The quantitative estimate of drug-likeness (QED) is 0.339. The Balaban J connectivity index is 2.19. The molecule has 3 atom stereocenters. The van der Waals surface area contributed by atoms with Crippen LogP contribution in [0.1, 0.15) is 57.2 Å². The van der Waals surface area contributed by atoms with Gasteiger partial charge in [0.25, 0.3) is 0 Å². The van der Waals surface area contributed by atoms with Crippen molar-refractivity contribution in [3.05, 3.63) is 60.1 Å². The summed E-state index contributed by atoms with van der Waals surface area (Å²) in [5, 5.41) is 7.99. The topological polar surface area (TPSA) is 136 Å². The Labute approximate surface area is 223 Å². The average molecular weight is 530 g/mol. The highest BCUT2D eigenvalue weighted by Gasteiger charge is 2.32. The van der Waals surface area contributed by atoms with Gasteiger partial charge in [-0.3, -0.25) is 14.4 Å². The Bertz CT molecular complexity index is 1050. The molecule has 1 aromatic carbocycles. The minimum absolute atomic E-state index is 0.1000. The van der Waals surface area contributed by atoms with Crippen LogP contribution in [0, 0.1) is 5.92 Å². The minimum Gasteiger partial charge on any atom is -0.461 e. The number of carbonyl (C=O) groups is 4. The lowest BCUT2D eigenvalue weighted by atomic mass is 9.98. The van der Waals surface area contributed by atoms with Crippen LogP contribution in [0.2, 0.25) is 0 Å². The third kappa shape index (κ3) is 10.4. The molecule has 0 radical (unpaired) electrons.